The first-order valence-corrected chi connectivity index (χ1v) is 9.71. The molecule has 0 bridgehead atoms. The second kappa shape index (κ2) is 8.76. The highest BCUT2D eigenvalue weighted by molar-refractivity contribution is 5.69. The van der Waals surface area contributed by atoms with Gasteiger partial charge in [0, 0.05) is 18.8 Å². The van der Waals surface area contributed by atoms with E-state index < -0.39 is 36.6 Å². The third kappa shape index (κ3) is 6.04. The number of hydrogen-bond acceptors (Lipinski definition) is 6. The summed E-state index contributed by atoms with van der Waals surface area (Å²) < 4.78 is 39.1. The Bertz CT molecular complexity index is 1010. The topological polar surface area (TPSA) is 90.6 Å². The highest BCUT2D eigenvalue weighted by Gasteiger charge is 2.48. The molecule has 3 rings (SSSR count). The summed E-state index contributed by atoms with van der Waals surface area (Å²) in [7, 11) is 0. The maximum atomic E-state index is 14.0. The Kier molecular flexibility index (Phi) is 6.29. The first kappa shape index (κ1) is 22.3. The van der Waals surface area contributed by atoms with Crippen molar-refractivity contribution in [2.45, 2.75) is 44.8 Å². The minimum Gasteiger partial charge on any atom is -0.489 e. The largest absolute Gasteiger partial charge is 0.489 e. The van der Waals surface area contributed by atoms with Crippen LogP contribution < -0.4 is 10.5 Å². The van der Waals surface area contributed by atoms with Gasteiger partial charge in [-0.15, -0.1) is 0 Å². The quantitative estimate of drug-likeness (QED) is 0.750. The number of amides is 1. The number of carbonyl (C=O) groups excluding carboxylic acids is 1. The van der Waals surface area contributed by atoms with Crippen LogP contribution in [0.3, 0.4) is 0 Å². The monoisotopic (exact) mass is 430 g/mol. The second-order valence-electron chi connectivity index (χ2n) is 8.20. The normalized spacial score (nSPS) is 17.6. The number of nitrogens with zero attached hydrogens (tertiary/aromatic N) is 3. The number of pyridine rings is 2. The summed E-state index contributed by atoms with van der Waals surface area (Å²) in [5.74, 6) is 3.08. The average molecular weight is 430 g/mol. The minimum atomic E-state index is -3.01. The number of ether oxygens (including phenoxy) is 2. The van der Waals surface area contributed by atoms with Crippen molar-refractivity contribution >= 4 is 11.8 Å². The molecular formula is C22H24F2N4O3. The fourth-order valence-corrected chi connectivity index (χ4v) is 3.01. The molecule has 1 amide bonds. The predicted molar refractivity (Wildman–Crippen MR) is 111 cm³/mol. The smallest absolute Gasteiger partial charge is 0.410 e. The van der Waals surface area contributed by atoms with Gasteiger partial charge >= 0.3 is 6.09 Å². The third-order valence-corrected chi connectivity index (χ3v) is 4.37. The molecule has 0 spiro atoms. The van der Waals surface area contributed by atoms with Crippen molar-refractivity contribution in [1.29, 1.82) is 0 Å². The molecule has 0 aliphatic carbocycles. The van der Waals surface area contributed by atoms with Gasteiger partial charge in [-0.3, -0.25) is 9.88 Å². The third-order valence-electron chi connectivity index (χ3n) is 4.37. The Balaban J connectivity index is 1.75. The van der Waals surface area contributed by atoms with Crippen LogP contribution in [-0.2, 0) is 4.74 Å². The van der Waals surface area contributed by atoms with Crippen LogP contribution in [0.15, 0.2) is 36.8 Å². The lowest BCUT2D eigenvalue weighted by atomic mass is 10.2. The van der Waals surface area contributed by atoms with Crippen molar-refractivity contribution < 1.29 is 23.0 Å². The van der Waals surface area contributed by atoms with Crippen molar-refractivity contribution in [1.82, 2.24) is 14.9 Å². The van der Waals surface area contributed by atoms with Crippen molar-refractivity contribution in [3.05, 3.63) is 48.0 Å². The number of likely N-dealkylation sites (tertiary alicyclic amines) is 1. The van der Waals surface area contributed by atoms with Crippen molar-refractivity contribution in [2.24, 2.45) is 0 Å². The van der Waals surface area contributed by atoms with E-state index in [2.05, 4.69) is 21.8 Å². The van der Waals surface area contributed by atoms with Crippen LogP contribution in [0.4, 0.5) is 19.3 Å². The highest BCUT2D eigenvalue weighted by atomic mass is 19.3. The molecule has 2 aromatic rings. The molecule has 2 N–H and O–H groups in total. The van der Waals surface area contributed by atoms with Gasteiger partial charge in [-0.25, -0.2) is 18.6 Å². The molecule has 9 heteroatoms. The van der Waals surface area contributed by atoms with Gasteiger partial charge in [0.05, 0.1) is 30.0 Å². The molecular weight excluding hydrogens is 406 g/mol. The molecule has 31 heavy (non-hydrogen) atoms. The SMILES string of the molecule is CC(C)(C)OC(=O)N1CC(F)(F)C[C@H]1COc1cnccc1C#Cc1ncccc1N. The number of aromatic nitrogens is 2. The number of nitrogen functional groups attached to an aromatic ring is 1. The lowest BCUT2D eigenvalue weighted by Crippen LogP contribution is -2.42. The summed E-state index contributed by atoms with van der Waals surface area (Å²) in [6.45, 7) is 4.17. The van der Waals surface area contributed by atoms with Crippen LogP contribution in [0, 0.1) is 11.8 Å². The van der Waals surface area contributed by atoms with Gasteiger partial charge in [-0.1, -0.05) is 5.92 Å². The highest BCUT2D eigenvalue weighted by Crippen LogP contribution is 2.33. The van der Waals surface area contributed by atoms with Crippen LogP contribution in [0.25, 0.3) is 0 Å². The van der Waals surface area contributed by atoms with Gasteiger partial charge in [0.25, 0.3) is 5.92 Å². The van der Waals surface area contributed by atoms with Crippen molar-refractivity contribution in [3.63, 3.8) is 0 Å². The number of hydrogen-bond donors (Lipinski definition) is 1. The molecule has 0 unspecified atom stereocenters. The van der Waals surface area contributed by atoms with Crippen molar-refractivity contribution in [3.8, 4) is 17.6 Å². The fourth-order valence-electron chi connectivity index (χ4n) is 3.01. The fraction of sp³-hybridized carbons (Fsp3) is 0.409. The van der Waals surface area contributed by atoms with E-state index in [9.17, 15) is 13.6 Å². The van der Waals surface area contributed by atoms with Gasteiger partial charge in [0.15, 0.2) is 5.75 Å². The van der Waals surface area contributed by atoms with Crippen LogP contribution in [0.1, 0.15) is 38.4 Å². The summed E-state index contributed by atoms with van der Waals surface area (Å²) in [6, 6.07) is 4.18. The zero-order valence-electron chi connectivity index (χ0n) is 17.6. The Morgan fingerprint density at radius 3 is 2.81 bits per heavy atom. The van der Waals surface area contributed by atoms with Crippen LogP contribution in [0.5, 0.6) is 5.75 Å². The zero-order valence-corrected chi connectivity index (χ0v) is 17.6. The van der Waals surface area contributed by atoms with E-state index in [1.54, 1.807) is 45.2 Å². The van der Waals surface area contributed by atoms with E-state index in [4.69, 9.17) is 15.2 Å². The molecule has 1 saturated heterocycles. The van der Waals surface area contributed by atoms with Crippen LogP contribution in [-0.4, -0.2) is 51.7 Å². The number of rotatable bonds is 3. The summed E-state index contributed by atoms with van der Waals surface area (Å²) in [5, 5.41) is 0. The number of anilines is 1. The molecule has 1 fully saturated rings. The minimum absolute atomic E-state index is 0.152. The van der Waals surface area contributed by atoms with Crippen molar-refractivity contribution in [2.75, 3.05) is 18.9 Å². The Morgan fingerprint density at radius 1 is 1.32 bits per heavy atom. The molecule has 7 nitrogen and oxygen atoms in total. The summed E-state index contributed by atoms with van der Waals surface area (Å²) >= 11 is 0. The Labute approximate surface area is 179 Å². The van der Waals surface area contributed by atoms with E-state index in [0.717, 1.165) is 4.90 Å². The summed E-state index contributed by atoms with van der Waals surface area (Å²) in [6.07, 6.45) is 3.25. The Hall–Kier alpha value is -3.41. The molecule has 0 radical (unpaired) electrons. The van der Waals surface area contributed by atoms with Crippen LogP contribution in [0.2, 0.25) is 0 Å². The van der Waals surface area contributed by atoms with E-state index in [-0.39, 0.29) is 6.61 Å². The standard InChI is InChI=1S/C22H24F2N4O3/c1-21(2,3)31-20(29)28-14-22(23,24)11-16(28)13-30-19-12-26-10-8-15(19)6-7-18-17(25)5-4-9-27-18/h4-5,8-10,12,16H,11,13-14,25H2,1-3H3/t16-/m0/s1. The lowest BCUT2D eigenvalue weighted by molar-refractivity contribution is -0.00274. The van der Waals surface area contributed by atoms with E-state index in [1.165, 1.54) is 12.4 Å². The second-order valence-corrected chi connectivity index (χ2v) is 8.20. The first-order chi connectivity index (χ1) is 14.5. The zero-order chi connectivity index (χ0) is 22.6. The number of nitrogens with two attached hydrogens (primary N) is 1. The number of carbonyl (C=O) groups is 1. The van der Waals surface area contributed by atoms with Gasteiger partial charge in [0.2, 0.25) is 0 Å². The van der Waals surface area contributed by atoms with E-state index in [0.29, 0.717) is 22.7 Å². The van der Waals surface area contributed by atoms with E-state index in [1.807, 2.05) is 0 Å². The molecule has 0 aromatic carbocycles. The first-order valence-electron chi connectivity index (χ1n) is 9.71. The molecule has 1 aliphatic rings. The summed E-state index contributed by atoms with van der Waals surface area (Å²) in [4.78, 5) is 21.5. The average Bonchev–Trinajstić information content (AvgIpc) is 3.00. The molecule has 164 valence electrons. The van der Waals surface area contributed by atoms with Gasteiger partial charge in [0.1, 0.15) is 17.9 Å². The Morgan fingerprint density at radius 2 is 2.10 bits per heavy atom. The van der Waals surface area contributed by atoms with Crippen LogP contribution >= 0.6 is 0 Å². The molecule has 3 heterocycles. The molecule has 1 atom stereocenters. The number of halogens is 2. The predicted octanol–water partition coefficient (Wildman–Crippen LogP) is 3.48. The molecule has 0 saturated carbocycles. The van der Waals surface area contributed by atoms with E-state index >= 15 is 0 Å². The van der Waals surface area contributed by atoms with Gasteiger partial charge in [-0.05, 0) is 44.9 Å². The molecule has 2 aromatic heterocycles. The summed E-state index contributed by atoms with van der Waals surface area (Å²) in [5.41, 5.74) is 6.40. The maximum Gasteiger partial charge on any atom is 0.410 e. The number of alkyl halides is 2. The molecule has 1 aliphatic heterocycles. The van der Waals surface area contributed by atoms with Gasteiger partial charge < -0.3 is 15.2 Å². The van der Waals surface area contributed by atoms with Gasteiger partial charge in [-0.2, -0.15) is 0 Å². The lowest BCUT2D eigenvalue weighted by Gasteiger charge is -2.28. The maximum absolute atomic E-state index is 14.0.